The molecule has 0 radical (unpaired) electrons. The van der Waals surface area contributed by atoms with Crippen molar-refractivity contribution in [3.8, 4) is 0 Å². The van der Waals surface area contributed by atoms with Crippen LogP contribution in [0.25, 0.3) is 0 Å². The van der Waals surface area contributed by atoms with Crippen molar-refractivity contribution >= 4 is 22.6 Å². The van der Waals surface area contributed by atoms with Gasteiger partial charge in [-0.15, -0.1) is 0 Å². The summed E-state index contributed by atoms with van der Waals surface area (Å²) < 4.78 is 6.62. The van der Waals surface area contributed by atoms with Crippen LogP contribution >= 0.6 is 22.6 Å². The third-order valence-corrected chi connectivity index (χ3v) is 3.07. The van der Waals surface area contributed by atoms with Crippen molar-refractivity contribution in [2.45, 2.75) is 25.0 Å². The summed E-state index contributed by atoms with van der Waals surface area (Å²) in [5, 5.41) is 0. The molecule has 1 heterocycles. The molecule has 0 amide bonds. The first kappa shape index (κ1) is 10.2. The van der Waals surface area contributed by atoms with E-state index in [4.69, 9.17) is 4.74 Å². The van der Waals surface area contributed by atoms with E-state index in [1.54, 1.807) is 0 Å². The zero-order valence-corrected chi connectivity index (χ0v) is 10.1. The Labute approximate surface area is 98.3 Å². The first-order valence-corrected chi connectivity index (χ1v) is 5.89. The van der Waals surface area contributed by atoms with Crippen LogP contribution in [0.5, 0.6) is 0 Å². The number of epoxide rings is 1. The third-order valence-electron chi connectivity index (χ3n) is 2.45. The summed E-state index contributed by atoms with van der Waals surface area (Å²) in [7, 11) is 0. The van der Waals surface area contributed by atoms with E-state index in [1.807, 2.05) is 6.07 Å². The lowest BCUT2D eigenvalue weighted by molar-refractivity contribution is 0.379. The second-order valence-corrected chi connectivity index (χ2v) is 4.95. The van der Waals surface area contributed by atoms with Crippen molar-refractivity contribution in [1.82, 2.24) is 0 Å². The predicted octanol–water partition coefficient (Wildman–Crippen LogP) is 3.34. The van der Waals surface area contributed by atoms with Gasteiger partial charge in [0, 0.05) is 3.58 Å². The standard InChI is InChI=1S/C12H13IO/c1-9(13)12-11(14-12)8-7-10-5-3-2-4-6-10/h2-6,11-12H,1,7-8H2/t11-,12-/m1/s1. The molecule has 74 valence electrons. The van der Waals surface area contributed by atoms with Gasteiger partial charge in [-0.1, -0.05) is 36.9 Å². The maximum absolute atomic E-state index is 5.49. The summed E-state index contributed by atoms with van der Waals surface area (Å²) in [5.41, 5.74) is 1.39. The lowest BCUT2D eigenvalue weighted by Gasteiger charge is -1.97. The Morgan fingerprint density at radius 1 is 1.36 bits per heavy atom. The molecule has 1 aliphatic rings. The van der Waals surface area contributed by atoms with Crippen LogP contribution in [0.4, 0.5) is 0 Å². The molecule has 0 unspecified atom stereocenters. The number of aryl methyl sites for hydroxylation is 1. The Bertz CT molecular complexity index is 320. The minimum atomic E-state index is 0.319. The van der Waals surface area contributed by atoms with Gasteiger partial charge in [0.25, 0.3) is 0 Å². The van der Waals surface area contributed by atoms with Crippen molar-refractivity contribution in [1.29, 1.82) is 0 Å². The van der Waals surface area contributed by atoms with E-state index in [0.29, 0.717) is 12.2 Å². The van der Waals surface area contributed by atoms with Crippen LogP contribution in [0.15, 0.2) is 40.5 Å². The molecule has 1 fully saturated rings. The molecule has 1 aliphatic heterocycles. The van der Waals surface area contributed by atoms with Crippen molar-refractivity contribution in [3.63, 3.8) is 0 Å². The van der Waals surface area contributed by atoms with Crippen molar-refractivity contribution in [2.24, 2.45) is 0 Å². The Morgan fingerprint density at radius 2 is 2.07 bits per heavy atom. The molecular formula is C12H13IO. The molecule has 2 rings (SSSR count). The van der Waals surface area contributed by atoms with Gasteiger partial charge in [-0.2, -0.15) is 0 Å². The monoisotopic (exact) mass is 300 g/mol. The predicted molar refractivity (Wildman–Crippen MR) is 66.6 cm³/mol. The van der Waals surface area contributed by atoms with E-state index in [0.717, 1.165) is 16.4 Å². The highest BCUT2D eigenvalue weighted by Gasteiger charge is 2.39. The van der Waals surface area contributed by atoms with Crippen molar-refractivity contribution in [3.05, 3.63) is 46.1 Å². The molecule has 1 aromatic carbocycles. The molecule has 0 spiro atoms. The molecule has 0 bridgehead atoms. The fraction of sp³-hybridized carbons (Fsp3) is 0.333. The Hall–Kier alpha value is -0.350. The van der Waals surface area contributed by atoms with E-state index in [2.05, 4.69) is 53.4 Å². The van der Waals surface area contributed by atoms with Crippen LogP contribution in [0.2, 0.25) is 0 Å². The van der Waals surface area contributed by atoms with E-state index in [1.165, 1.54) is 5.56 Å². The number of hydrogen-bond acceptors (Lipinski definition) is 1. The average molecular weight is 300 g/mol. The topological polar surface area (TPSA) is 12.5 Å². The number of hydrogen-bond donors (Lipinski definition) is 0. The number of halogens is 1. The van der Waals surface area contributed by atoms with Crippen LogP contribution in [0.1, 0.15) is 12.0 Å². The van der Waals surface area contributed by atoms with E-state index >= 15 is 0 Å². The maximum Gasteiger partial charge on any atom is 0.114 e. The Balaban J connectivity index is 1.77. The summed E-state index contributed by atoms with van der Waals surface area (Å²) in [5.74, 6) is 0. The van der Waals surface area contributed by atoms with Gasteiger partial charge in [-0.05, 0) is 41.0 Å². The minimum absolute atomic E-state index is 0.319. The highest BCUT2D eigenvalue weighted by Crippen LogP contribution is 2.34. The van der Waals surface area contributed by atoms with E-state index in [-0.39, 0.29) is 0 Å². The zero-order chi connectivity index (χ0) is 9.97. The Kier molecular flexibility index (Phi) is 3.23. The van der Waals surface area contributed by atoms with Crippen LogP contribution in [0.3, 0.4) is 0 Å². The van der Waals surface area contributed by atoms with E-state index in [9.17, 15) is 0 Å². The highest BCUT2D eigenvalue weighted by molar-refractivity contribution is 14.1. The number of benzene rings is 1. The third kappa shape index (κ3) is 2.58. The quantitative estimate of drug-likeness (QED) is 0.614. The molecule has 0 N–H and O–H groups in total. The SMILES string of the molecule is C=C(I)[C@H]1O[C@@H]1CCc1ccccc1. The van der Waals surface area contributed by atoms with Gasteiger partial charge >= 0.3 is 0 Å². The molecule has 2 atom stereocenters. The van der Waals surface area contributed by atoms with E-state index < -0.39 is 0 Å². The zero-order valence-electron chi connectivity index (χ0n) is 7.95. The largest absolute Gasteiger partial charge is 0.364 e. The molecule has 0 aromatic heterocycles. The Morgan fingerprint density at radius 3 is 2.64 bits per heavy atom. The smallest absolute Gasteiger partial charge is 0.114 e. The lowest BCUT2D eigenvalue weighted by atomic mass is 10.1. The van der Waals surface area contributed by atoms with Gasteiger partial charge in [-0.25, -0.2) is 0 Å². The summed E-state index contributed by atoms with van der Waals surface area (Å²) >= 11 is 2.25. The average Bonchev–Trinajstić information content (AvgIpc) is 2.96. The van der Waals surface area contributed by atoms with Gasteiger partial charge in [0.15, 0.2) is 0 Å². The maximum atomic E-state index is 5.49. The first-order valence-electron chi connectivity index (χ1n) is 4.81. The fourth-order valence-corrected chi connectivity index (χ4v) is 2.14. The van der Waals surface area contributed by atoms with Gasteiger partial charge in [0.05, 0.1) is 6.10 Å². The second-order valence-electron chi connectivity index (χ2n) is 3.57. The first-order chi connectivity index (χ1) is 6.77. The lowest BCUT2D eigenvalue weighted by Crippen LogP contribution is -1.95. The van der Waals surface area contributed by atoms with Crippen LogP contribution in [-0.4, -0.2) is 12.2 Å². The molecule has 14 heavy (non-hydrogen) atoms. The fourth-order valence-electron chi connectivity index (χ4n) is 1.59. The van der Waals surface area contributed by atoms with Crippen LogP contribution in [-0.2, 0) is 11.2 Å². The molecule has 1 aromatic rings. The molecule has 0 saturated carbocycles. The summed E-state index contributed by atoms with van der Waals surface area (Å²) in [6, 6.07) is 10.5. The summed E-state index contributed by atoms with van der Waals surface area (Å²) in [6.45, 7) is 3.88. The van der Waals surface area contributed by atoms with Gasteiger partial charge in [0.1, 0.15) is 6.10 Å². The van der Waals surface area contributed by atoms with Gasteiger partial charge in [0.2, 0.25) is 0 Å². The molecular weight excluding hydrogens is 287 g/mol. The van der Waals surface area contributed by atoms with Crippen LogP contribution < -0.4 is 0 Å². The molecule has 1 saturated heterocycles. The minimum Gasteiger partial charge on any atom is -0.364 e. The summed E-state index contributed by atoms with van der Waals surface area (Å²) in [6.07, 6.45) is 2.95. The van der Waals surface area contributed by atoms with Crippen molar-refractivity contribution < 1.29 is 4.74 Å². The molecule has 0 aliphatic carbocycles. The van der Waals surface area contributed by atoms with Crippen molar-refractivity contribution in [2.75, 3.05) is 0 Å². The molecule has 2 heteroatoms. The second kappa shape index (κ2) is 4.45. The van der Waals surface area contributed by atoms with Crippen LogP contribution in [0, 0.1) is 0 Å². The highest BCUT2D eigenvalue weighted by atomic mass is 127. The molecule has 1 nitrogen and oxygen atoms in total. The number of rotatable bonds is 4. The normalized spacial score (nSPS) is 24.6. The number of ether oxygens (including phenoxy) is 1. The summed E-state index contributed by atoms with van der Waals surface area (Å²) in [4.78, 5) is 0. The van der Waals surface area contributed by atoms with Gasteiger partial charge in [-0.3, -0.25) is 0 Å². The van der Waals surface area contributed by atoms with Gasteiger partial charge < -0.3 is 4.74 Å².